The molecule has 0 aromatic heterocycles. The van der Waals surface area contributed by atoms with Gasteiger partial charge in [0.1, 0.15) is 11.8 Å². The van der Waals surface area contributed by atoms with E-state index in [1.807, 2.05) is 12.1 Å². The van der Waals surface area contributed by atoms with Crippen molar-refractivity contribution < 1.29 is 4.74 Å². The molecular weight excluding hydrogens is 306 g/mol. The van der Waals surface area contributed by atoms with Gasteiger partial charge in [-0.25, -0.2) is 0 Å². The monoisotopic (exact) mass is 335 g/mol. The van der Waals surface area contributed by atoms with Crippen molar-refractivity contribution in [2.24, 2.45) is 5.92 Å². The van der Waals surface area contributed by atoms with Crippen molar-refractivity contribution in [2.45, 2.75) is 52.9 Å². The predicted molar refractivity (Wildman–Crippen MR) is 104 cm³/mol. The summed E-state index contributed by atoms with van der Waals surface area (Å²) in [6, 6.07) is 17.0. The summed E-state index contributed by atoms with van der Waals surface area (Å²) in [5.41, 5.74) is 3.99. The van der Waals surface area contributed by atoms with Crippen LogP contribution in [0.5, 0.6) is 5.75 Å². The first-order valence-electron chi connectivity index (χ1n) is 9.16. The van der Waals surface area contributed by atoms with Crippen molar-refractivity contribution in [3.05, 3.63) is 64.7 Å². The van der Waals surface area contributed by atoms with Crippen LogP contribution in [0, 0.1) is 17.2 Å². The molecule has 2 aromatic rings. The van der Waals surface area contributed by atoms with Crippen molar-refractivity contribution in [3.63, 3.8) is 0 Å². The molecule has 0 bridgehead atoms. The molecule has 0 spiro atoms. The van der Waals surface area contributed by atoms with Gasteiger partial charge >= 0.3 is 0 Å². The lowest BCUT2D eigenvalue weighted by atomic mass is 9.77. The van der Waals surface area contributed by atoms with Gasteiger partial charge in [-0.1, -0.05) is 71.0 Å². The zero-order chi connectivity index (χ0) is 18.4. The SMILES string of the molecule is CCc1cc(C(C)(C)c2ccccc2)cc(C#N)c1OCCC(C)C. The zero-order valence-electron chi connectivity index (χ0n) is 16.1. The van der Waals surface area contributed by atoms with Crippen LogP contribution in [0.25, 0.3) is 0 Å². The van der Waals surface area contributed by atoms with Gasteiger partial charge in [0.25, 0.3) is 0 Å². The van der Waals surface area contributed by atoms with Crippen LogP contribution in [-0.2, 0) is 11.8 Å². The first-order valence-corrected chi connectivity index (χ1v) is 9.16. The van der Waals surface area contributed by atoms with Crippen molar-refractivity contribution in [3.8, 4) is 11.8 Å². The van der Waals surface area contributed by atoms with Gasteiger partial charge in [-0.15, -0.1) is 0 Å². The Bertz CT molecular complexity index is 739. The van der Waals surface area contributed by atoms with E-state index in [1.165, 1.54) is 5.56 Å². The highest BCUT2D eigenvalue weighted by molar-refractivity contribution is 5.54. The molecule has 2 heteroatoms. The molecule has 2 nitrogen and oxygen atoms in total. The Morgan fingerprint density at radius 2 is 1.76 bits per heavy atom. The third-order valence-corrected chi connectivity index (χ3v) is 4.83. The van der Waals surface area contributed by atoms with Gasteiger partial charge < -0.3 is 4.74 Å². The fourth-order valence-electron chi connectivity index (χ4n) is 2.98. The van der Waals surface area contributed by atoms with Crippen LogP contribution < -0.4 is 4.74 Å². The lowest BCUT2D eigenvalue weighted by Crippen LogP contribution is -2.19. The molecule has 0 saturated heterocycles. The summed E-state index contributed by atoms with van der Waals surface area (Å²) in [5.74, 6) is 1.35. The Morgan fingerprint density at radius 1 is 1.08 bits per heavy atom. The summed E-state index contributed by atoms with van der Waals surface area (Å²) in [6.45, 7) is 11.5. The van der Waals surface area contributed by atoms with Crippen molar-refractivity contribution in [1.29, 1.82) is 5.26 Å². The van der Waals surface area contributed by atoms with Gasteiger partial charge in [-0.3, -0.25) is 0 Å². The Hall–Kier alpha value is -2.27. The summed E-state index contributed by atoms with van der Waals surface area (Å²) in [5, 5.41) is 9.68. The normalized spacial score (nSPS) is 11.4. The van der Waals surface area contributed by atoms with Gasteiger partial charge in [-0.2, -0.15) is 5.26 Å². The first-order chi connectivity index (χ1) is 11.9. The predicted octanol–water partition coefficient (Wildman–Crippen LogP) is 5.87. The minimum Gasteiger partial charge on any atom is -0.492 e. The molecule has 0 aliphatic carbocycles. The van der Waals surface area contributed by atoms with Gasteiger partial charge in [0.05, 0.1) is 12.2 Å². The number of ether oxygens (including phenoxy) is 1. The number of benzene rings is 2. The second-order valence-corrected chi connectivity index (χ2v) is 7.50. The van der Waals surface area contributed by atoms with Crippen LogP contribution >= 0.6 is 0 Å². The maximum Gasteiger partial charge on any atom is 0.140 e. The molecule has 0 saturated carbocycles. The molecule has 0 unspecified atom stereocenters. The molecule has 132 valence electrons. The molecule has 0 amide bonds. The molecule has 2 rings (SSSR count). The average molecular weight is 335 g/mol. The van der Waals surface area contributed by atoms with Crippen LogP contribution in [0.4, 0.5) is 0 Å². The number of aryl methyl sites for hydroxylation is 1. The second-order valence-electron chi connectivity index (χ2n) is 7.50. The second kappa shape index (κ2) is 8.21. The number of hydrogen-bond donors (Lipinski definition) is 0. The highest BCUT2D eigenvalue weighted by atomic mass is 16.5. The third-order valence-electron chi connectivity index (χ3n) is 4.83. The molecule has 2 aromatic carbocycles. The summed E-state index contributed by atoms with van der Waals surface area (Å²) in [4.78, 5) is 0. The highest BCUT2D eigenvalue weighted by Crippen LogP contribution is 2.36. The number of hydrogen-bond acceptors (Lipinski definition) is 2. The molecule has 0 atom stereocenters. The van der Waals surface area contributed by atoms with E-state index in [0.717, 1.165) is 29.7 Å². The van der Waals surface area contributed by atoms with E-state index >= 15 is 0 Å². The molecule has 25 heavy (non-hydrogen) atoms. The van der Waals surface area contributed by atoms with E-state index in [0.29, 0.717) is 18.1 Å². The van der Waals surface area contributed by atoms with Crippen molar-refractivity contribution in [2.75, 3.05) is 6.61 Å². The highest BCUT2D eigenvalue weighted by Gasteiger charge is 2.25. The van der Waals surface area contributed by atoms with E-state index in [2.05, 4.69) is 71.0 Å². The van der Waals surface area contributed by atoms with Crippen LogP contribution in [-0.4, -0.2) is 6.61 Å². The van der Waals surface area contributed by atoms with Gasteiger partial charge in [0.2, 0.25) is 0 Å². The van der Waals surface area contributed by atoms with Crippen molar-refractivity contribution >= 4 is 0 Å². The molecule has 0 aliphatic heterocycles. The van der Waals surface area contributed by atoms with Crippen LogP contribution in [0.1, 0.15) is 63.3 Å². The lowest BCUT2D eigenvalue weighted by Gasteiger charge is -2.28. The molecule has 0 heterocycles. The van der Waals surface area contributed by atoms with E-state index in [4.69, 9.17) is 4.74 Å². The fraction of sp³-hybridized carbons (Fsp3) is 0.435. The Labute approximate surface area is 152 Å². The van der Waals surface area contributed by atoms with Crippen LogP contribution in [0.15, 0.2) is 42.5 Å². The Balaban J connectivity index is 2.43. The van der Waals surface area contributed by atoms with Crippen molar-refractivity contribution in [1.82, 2.24) is 0 Å². The molecule has 0 radical (unpaired) electrons. The maximum absolute atomic E-state index is 9.68. The molecule has 0 aliphatic rings. The van der Waals surface area contributed by atoms with Crippen LogP contribution in [0.3, 0.4) is 0 Å². The number of nitriles is 1. The largest absolute Gasteiger partial charge is 0.492 e. The standard InChI is InChI=1S/C23H29NO/c1-6-18-14-21(23(4,5)20-10-8-7-9-11-20)15-19(16-24)22(18)25-13-12-17(2)3/h7-11,14-15,17H,6,12-13H2,1-5H3. The average Bonchev–Trinajstić information content (AvgIpc) is 2.61. The Morgan fingerprint density at radius 3 is 2.32 bits per heavy atom. The van der Waals surface area contributed by atoms with E-state index in [9.17, 15) is 5.26 Å². The van der Waals surface area contributed by atoms with E-state index < -0.39 is 0 Å². The van der Waals surface area contributed by atoms with Gasteiger partial charge in [-0.05, 0) is 41.5 Å². The first kappa shape index (κ1) is 19.1. The van der Waals surface area contributed by atoms with Crippen LogP contribution in [0.2, 0.25) is 0 Å². The quantitative estimate of drug-likeness (QED) is 0.634. The minimum absolute atomic E-state index is 0.159. The van der Waals surface area contributed by atoms with E-state index in [1.54, 1.807) is 0 Å². The van der Waals surface area contributed by atoms with E-state index in [-0.39, 0.29) is 5.41 Å². The molecule has 0 N–H and O–H groups in total. The summed E-state index contributed by atoms with van der Waals surface area (Å²) in [6.07, 6.45) is 1.84. The minimum atomic E-state index is -0.159. The number of rotatable bonds is 7. The third kappa shape index (κ3) is 4.42. The zero-order valence-corrected chi connectivity index (χ0v) is 16.1. The number of nitrogens with zero attached hydrogens (tertiary/aromatic N) is 1. The fourth-order valence-corrected chi connectivity index (χ4v) is 2.98. The molecule has 0 fully saturated rings. The van der Waals surface area contributed by atoms with Gasteiger partial charge in [0, 0.05) is 5.41 Å². The van der Waals surface area contributed by atoms with Gasteiger partial charge in [0.15, 0.2) is 0 Å². The molecular formula is C23H29NO. The summed E-state index contributed by atoms with van der Waals surface area (Å²) in [7, 11) is 0. The smallest absolute Gasteiger partial charge is 0.140 e. The Kier molecular flexibility index (Phi) is 6.26. The summed E-state index contributed by atoms with van der Waals surface area (Å²) >= 11 is 0. The topological polar surface area (TPSA) is 33.0 Å². The lowest BCUT2D eigenvalue weighted by molar-refractivity contribution is 0.286. The maximum atomic E-state index is 9.68. The summed E-state index contributed by atoms with van der Waals surface area (Å²) < 4.78 is 6.01.